The number of tetrazole rings is 1. The SMILES string of the molecule is CC(=CCc1nnnn1-c1ccc(C#N)cc1)C1CCCCC1. The van der Waals surface area contributed by atoms with Crippen molar-refractivity contribution in [3.05, 3.63) is 47.3 Å². The Morgan fingerprint density at radius 1 is 1.26 bits per heavy atom. The zero-order valence-electron chi connectivity index (χ0n) is 13.4. The normalized spacial score (nSPS) is 16.3. The highest BCUT2D eigenvalue weighted by molar-refractivity contribution is 5.39. The Morgan fingerprint density at radius 2 is 2.00 bits per heavy atom. The number of hydrogen-bond acceptors (Lipinski definition) is 4. The number of nitrogens with zero attached hydrogens (tertiary/aromatic N) is 5. The van der Waals surface area contributed by atoms with Crippen LogP contribution in [0.25, 0.3) is 5.69 Å². The molecule has 0 unspecified atom stereocenters. The van der Waals surface area contributed by atoms with Gasteiger partial charge in [-0.25, -0.2) is 0 Å². The van der Waals surface area contributed by atoms with Crippen LogP contribution in [-0.2, 0) is 6.42 Å². The van der Waals surface area contributed by atoms with Gasteiger partial charge in [-0.15, -0.1) is 5.10 Å². The van der Waals surface area contributed by atoms with Crippen molar-refractivity contribution in [1.29, 1.82) is 5.26 Å². The highest BCUT2D eigenvalue weighted by Crippen LogP contribution is 2.29. The predicted molar refractivity (Wildman–Crippen MR) is 87.9 cm³/mol. The third-order valence-electron chi connectivity index (χ3n) is 4.63. The topological polar surface area (TPSA) is 67.4 Å². The zero-order chi connectivity index (χ0) is 16.1. The molecule has 23 heavy (non-hydrogen) atoms. The fourth-order valence-corrected chi connectivity index (χ4v) is 3.19. The van der Waals surface area contributed by atoms with Crippen LogP contribution < -0.4 is 0 Å². The molecule has 2 aromatic rings. The molecule has 5 nitrogen and oxygen atoms in total. The number of rotatable bonds is 4. The van der Waals surface area contributed by atoms with Gasteiger partial charge in [-0.3, -0.25) is 0 Å². The molecule has 1 aromatic heterocycles. The van der Waals surface area contributed by atoms with Crippen molar-refractivity contribution in [2.24, 2.45) is 5.92 Å². The third kappa shape index (κ3) is 3.65. The Morgan fingerprint density at radius 3 is 2.70 bits per heavy atom. The van der Waals surface area contributed by atoms with Gasteiger partial charge in [-0.05, 0) is 60.4 Å². The van der Waals surface area contributed by atoms with E-state index in [1.807, 2.05) is 12.1 Å². The summed E-state index contributed by atoms with van der Waals surface area (Å²) in [5.41, 5.74) is 2.98. The van der Waals surface area contributed by atoms with Crippen LogP contribution in [0.3, 0.4) is 0 Å². The lowest BCUT2D eigenvalue weighted by atomic mass is 9.84. The van der Waals surface area contributed by atoms with Gasteiger partial charge in [0, 0.05) is 6.42 Å². The molecule has 0 aliphatic heterocycles. The first-order chi connectivity index (χ1) is 11.3. The molecule has 3 rings (SSSR count). The van der Waals surface area contributed by atoms with Crippen LogP contribution >= 0.6 is 0 Å². The molecule has 0 amide bonds. The van der Waals surface area contributed by atoms with E-state index < -0.39 is 0 Å². The first-order valence-corrected chi connectivity index (χ1v) is 8.22. The molecule has 0 atom stereocenters. The number of benzene rings is 1. The molecular formula is C18H21N5. The summed E-state index contributed by atoms with van der Waals surface area (Å²) >= 11 is 0. The average Bonchev–Trinajstić information content (AvgIpc) is 3.09. The van der Waals surface area contributed by atoms with Crippen LogP contribution in [0.2, 0.25) is 0 Å². The van der Waals surface area contributed by atoms with Gasteiger partial charge in [0.1, 0.15) is 0 Å². The van der Waals surface area contributed by atoms with Crippen LogP contribution in [-0.4, -0.2) is 20.2 Å². The summed E-state index contributed by atoms with van der Waals surface area (Å²) in [5.74, 6) is 1.55. The van der Waals surface area contributed by atoms with E-state index in [0.29, 0.717) is 5.56 Å². The molecular weight excluding hydrogens is 286 g/mol. The first-order valence-electron chi connectivity index (χ1n) is 8.22. The number of allylic oxidation sites excluding steroid dienone is 2. The largest absolute Gasteiger partial charge is 0.197 e. The minimum atomic E-state index is 0.636. The lowest BCUT2D eigenvalue weighted by Gasteiger charge is -2.22. The lowest BCUT2D eigenvalue weighted by Crippen LogP contribution is -2.08. The van der Waals surface area contributed by atoms with E-state index in [4.69, 9.17) is 5.26 Å². The van der Waals surface area contributed by atoms with Crippen molar-refractivity contribution >= 4 is 0 Å². The van der Waals surface area contributed by atoms with Crippen LogP contribution in [0.5, 0.6) is 0 Å². The second-order valence-corrected chi connectivity index (χ2v) is 6.15. The molecule has 1 aliphatic carbocycles. The summed E-state index contributed by atoms with van der Waals surface area (Å²) in [7, 11) is 0. The lowest BCUT2D eigenvalue weighted by molar-refractivity contribution is 0.402. The molecule has 0 radical (unpaired) electrons. The Balaban J connectivity index is 1.74. The van der Waals surface area contributed by atoms with Crippen LogP contribution in [0, 0.1) is 17.2 Å². The molecule has 0 spiro atoms. The zero-order valence-corrected chi connectivity index (χ0v) is 13.4. The maximum Gasteiger partial charge on any atom is 0.160 e. The third-order valence-corrected chi connectivity index (χ3v) is 4.63. The van der Waals surface area contributed by atoms with Gasteiger partial charge in [-0.2, -0.15) is 9.94 Å². The van der Waals surface area contributed by atoms with Gasteiger partial charge in [0.25, 0.3) is 0 Å². The Labute approximate surface area is 136 Å². The summed E-state index contributed by atoms with van der Waals surface area (Å²) in [4.78, 5) is 0. The van der Waals surface area contributed by atoms with Crippen molar-refractivity contribution < 1.29 is 0 Å². The van der Waals surface area contributed by atoms with Crippen molar-refractivity contribution in [2.45, 2.75) is 45.4 Å². The minimum Gasteiger partial charge on any atom is -0.197 e. The van der Waals surface area contributed by atoms with Gasteiger partial charge in [0.05, 0.1) is 17.3 Å². The van der Waals surface area contributed by atoms with Crippen molar-refractivity contribution in [1.82, 2.24) is 20.2 Å². The number of hydrogen-bond donors (Lipinski definition) is 0. The summed E-state index contributed by atoms with van der Waals surface area (Å²) in [6.07, 6.45) is 9.68. The van der Waals surface area contributed by atoms with Gasteiger partial charge in [0.15, 0.2) is 5.82 Å². The fraction of sp³-hybridized carbons (Fsp3) is 0.444. The standard InChI is InChI=1S/C18H21N5/c1-14(16-5-3-2-4-6-16)7-12-18-20-21-22-23(18)17-10-8-15(13-19)9-11-17/h7-11,16H,2-6,12H2,1H3. The molecule has 1 aromatic carbocycles. The first kappa shape index (κ1) is 15.4. The number of nitriles is 1. The molecule has 118 valence electrons. The summed E-state index contributed by atoms with van der Waals surface area (Å²) in [6, 6.07) is 9.43. The molecule has 1 fully saturated rings. The summed E-state index contributed by atoms with van der Waals surface area (Å²) in [6.45, 7) is 2.23. The average molecular weight is 307 g/mol. The summed E-state index contributed by atoms with van der Waals surface area (Å²) in [5, 5.41) is 20.9. The Bertz CT molecular complexity index is 715. The molecule has 0 N–H and O–H groups in total. The van der Waals surface area contributed by atoms with Gasteiger partial charge < -0.3 is 0 Å². The summed E-state index contributed by atoms with van der Waals surface area (Å²) < 4.78 is 1.74. The molecule has 1 saturated carbocycles. The van der Waals surface area contributed by atoms with E-state index in [9.17, 15) is 0 Å². The highest BCUT2D eigenvalue weighted by atomic mass is 15.5. The van der Waals surface area contributed by atoms with Crippen molar-refractivity contribution in [3.8, 4) is 11.8 Å². The predicted octanol–water partition coefficient (Wildman–Crippen LogP) is 3.60. The van der Waals surface area contributed by atoms with E-state index in [1.54, 1.807) is 16.8 Å². The van der Waals surface area contributed by atoms with Crippen LogP contribution in [0.15, 0.2) is 35.9 Å². The van der Waals surface area contributed by atoms with Crippen LogP contribution in [0.1, 0.15) is 50.4 Å². The second kappa shape index (κ2) is 7.19. The van der Waals surface area contributed by atoms with Crippen molar-refractivity contribution in [3.63, 3.8) is 0 Å². The molecule has 0 saturated heterocycles. The highest BCUT2D eigenvalue weighted by Gasteiger charge is 2.15. The second-order valence-electron chi connectivity index (χ2n) is 6.15. The molecule has 5 heteroatoms. The quantitative estimate of drug-likeness (QED) is 0.809. The number of aromatic nitrogens is 4. The van der Waals surface area contributed by atoms with Gasteiger partial charge in [0.2, 0.25) is 0 Å². The Kier molecular flexibility index (Phi) is 4.82. The minimum absolute atomic E-state index is 0.636. The molecule has 1 aliphatic rings. The smallest absolute Gasteiger partial charge is 0.160 e. The van der Waals surface area contributed by atoms with E-state index in [0.717, 1.165) is 23.9 Å². The van der Waals surface area contributed by atoms with E-state index in [1.165, 1.54) is 37.7 Å². The van der Waals surface area contributed by atoms with E-state index in [2.05, 4.69) is 34.6 Å². The Hall–Kier alpha value is -2.48. The van der Waals surface area contributed by atoms with E-state index in [-0.39, 0.29) is 0 Å². The van der Waals surface area contributed by atoms with Gasteiger partial charge in [-0.1, -0.05) is 30.9 Å². The monoisotopic (exact) mass is 307 g/mol. The molecule has 0 bridgehead atoms. The van der Waals surface area contributed by atoms with Gasteiger partial charge >= 0.3 is 0 Å². The maximum absolute atomic E-state index is 8.88. The van der Waals surface area contributed by atoms with Crippen molar-refractivity contribution in [2.75, 3.05) is 0 Å². The maximum atomic E-state index is 8.88. The molecule has 1 heterocycles. The van der Waals surface area contributed by atoms with E-state index >= 15 is 0 Å². The fourth-order valence-electron chi connectivity index (χ4n) is 3.19. The van der Waals surface area contributed by atoms with Crippen LogP contribution in [0.4, 0.5) is 0 Å².